The Morgan fingerprint density at radius 2 is 1.67 bits per heavy atom. The van der Waals surface area contributed by atoms with E-state index < -0.39 is 6.10 Å². The number of para-hydroxylation sites is 2. The fraction of sp³-hybridized carbons (Fsp3) is 0.174. The molecule has 3 aromatic carbocycles. The Labute approximate surface area is 158 Å². The SMILES string of the molecule is CCn1c2ccccc2c2cc(NC(=O)[C@@H](C)Oc3ccccc3)ccc21. The number of nitrogens with zero attached hydrogens (tertiary/aromatic N) is 1. The van der Waals surface area contributed by atoms with Crippen LogP contribution < -0.4 is 10.1 Å². The van der Waals surface area contributed by atoms with Crippen molar-refractivity contribution in [2.75, 3.05) is 5.32 Å². The topological polar surface area (TPSA) is 43.3 Å². The van der Waals surface area contributed by atoms with Gasteiger partial charge in [-0.3, -0.25) is 4.79 Å². The summed E-state index contributed by atoms with van der Waals surface area (Å²) in [5, 5.41) is 5.31. The third-order valence-corrected chi connectivity index (χ3v) is 4.78. The second kappa shape index (κ2) is 7.16. The van der Waals surface area contributed by atoms with Crippen molar-refractivity contribution in [3.8, 4) is 5.75 Å². The molecule has 4 aromatic rings. The number of amides is 1. The molecule has 0 saturated heterocycles. The average molecular weight is 358 g/mol. The lowest BCUT2D eigenvalue weighted by atomic mass is 10.1. The monoisotopic (exact) mass is 358 g/mol. The van der Waals surface area contributed by atoms with Gasteiger partial charge in [0.05, 0.1) is 0 Å². The summed E-state index contributed by atoms with van der Waals surface area (Å²) in [4.78, 5) is 12.5. The summed E-state index contributed by atoms with van der Waals surface area (Å²) in [5.74, 6) is 0.513. The molecule has 0 aliphatic carbocycles. The minimum atomic E-state index is -0.583. The van der Waals surface area contributed by atoms with Crippen molar-refractivity contribution in [1.29, 1.82) is 0 Å². The van der Waals surface area contributed by atoms with Gasteiger partial charge in [0.2, 0.25) is 0 Å². The van der Waals surface area contributed by atoms with Gasteiger partial charge in [0.25, 0.3) is 5.91 Å². The fourth-order valence-corrected chi connectivity index (χ4v) is 3.47. The van der Waals surface area contributed by atoms with Crippen molar-refractivity contribution >= 4 is 33.4 Å². The number of hydrogen-bond donors (Lipinski definition) is 1. The zero-order chi connectivity index (χ0) is 18.8. The summed E-state index contributed by atoms with van der Waals surface area (Å²) in [6.45, 7) is 4.80. The molecule has 27 heavy (non-hydrogen) atoms. The highest BCUT2D eigenvalue weighted by Crippen LogP contribution is 2.31. The number of hydrogen-bond acceptors (Lipinski definition) is 2. The Morgan fingerprint density at radius 3 is 2.44 bits per heavy atom. The van der Waals surface area contributed by atoms with E-state index in [1.165, 1.54) is 16.4 Å². The Hall–Kier alpha value is -3.27. The molecule has 4 rings (SSSR count). The van der Waals surface area contributed by atoms with Gasteiger partial charge in [0, 0.05) is 34.0 Å². The smallest absolute Gasteiger partial charge is 0.265 e. The number of fused-ring (bicyclic) bond motifs is 3. The molecule has 1 aromatic heterocycles. The number of carbonyl (C=O) groups is 1. The van der Waals surface area contributed by atoms with E-state index in [-0.39, 0.29) is 5.91 Å². The maximum atomic E-state index is 12.5. The van der Waals surface area contributed by atoms with Gasteiger partial charge in [-0.25, -0.2) is 0 Å². The van der Waals surface area contributed by atoms with E-state index >= 15 is 0 Å². The van der Waals surface area contributed by atoms with Gasteiger partial charge in [-0.2, -0.15) is 0 Å². The summed E-state index contributed by atoms with van der Waals surface area (Å²) in [5.41, 5.74) is 3.15. The minimum absolute atomic E-state index is 0.169. The van der Waals surface area contributed by atoms with Crippen LogP contribution in [0.5, 0.6) is 5.75 Å². The van der Waals surface area contributed by atoms with Crippen LogP contribution in [-0.4, -0.2) is 16.6 Å². The normalized spacial score (nSPS) is 12.2. The Balaban J connectivity index is 1.61. The van der Waals surface area contributed by atoms with Crippen molar-refractivity contribution < 1.29 is 9.53 Å². The van der Waals surface area contributed by atoms with E-state index in [9.17, 15) is 4.79 Å². The molecular formula is C23H22N2O2. The predicted octanol–water partition coefficient (Wildman–Crippen LogP) is 5.22. The van der Waals surface area contributed by atoms with Crippen LogP contribution >= 0.6 is 0 Å². The van der Waals surface area contributed by atoms with E-state index in [1.807, 2.05) is 48.5 Å². The van der Waals surface area contributed by atoms with E-state index in [0.717, 1.165) is 17.6 Å². The molecule has 1 amide bonds. The Bertz CT molecular complexity index is 1100. The van der Waals surface area contributed by atoms with E-state index in [1.54, 1.807) is 6.92 Å². The molecule has 0 aliphatic heterocycles. The van der Waals surface area contributed by atoms with Gasteiger partial charge in [0.15, 0.2) is 6.10 Å². The maximum absolute atomic E-state index is 12.5. The van der Waals surface area contributed by atoms with E-state index in [4.69, 9.17) is 4.74 Å². The molecule has 0 spiro atoms. The number of aromatic nitrogens is 1. The van der Waals surface area contributed by atoms with Crippen molar-refractivity contribution in [2.24, 2.45) is 0 Å². The highest BCUT2D eigenvalue weighted by molar-refractivity contribution is 6.10. The number of benzene rings is 3. The fourth-order valence-electron chi connectivity index (χ4n) is 3.47. The molecule has 4 heteroatoms. The number of ether oxygens (including phenoxy) is 1. The number of anilines is 1. The Morgan fingerprint density at radius 1 is 0.963 bits per heavy atom. The highest BCUT2D eigenvalue weighted by atomic mass is 16.5. The van der Waals surface area contributed by atoms with Crippen molar-refractivity contribution in [1.82, 2.24) is 4.57 Å². The highest BCUT2D eigenvalue weighted by Gasteiger charge is 2.16. The quantitative estimate of drug-likeness (QED) is 0.531. The molecule has 1 atom stereocenters. The third-order valence-electron chi connectivity index (χ3n) is 4.78. The van der Waals surface area contributed by atoms with Crippen LogP contribution in [0, 0.1) is 0 Å². The van der Waals surface area contributed by atoms with Crippen molar-refractivity contribution in [2.45, 2.75) is 26.5 Å². The molecule has 0 bridgehead atoms. The molecule has 136 valence electrons. The van der Waals surface area contributed by atoms with Gasteiger partial charge in [-0.05, 0) is 50.2 Å². The first-order valence-electron chi connectivity index (χ1n) is 9.21. The van der Waals surface area contributed by atoms with Gasteiger partial charge in [-0.15, -0.1) is 0 Å². The molecule has 0 unspecified atom stereocenters. The lowest BCUT2D eigenvalue weighted by molar-refractivity contribution is -0.122. The molecule has 1 heterocycles. The Kier molecular flexibility index (Phi) is 4.55. The summed E-state index contributed by atoms with van der Waals surface area (Å²) < 4.78 is 8.00. The lowest BCUT2D eigenvalue weighted by Crippen LogP contribution is -2.30. The van der Waals surface area contributed by atoms with Crippen molar-refractivity contribution in [3.05, 3.63) is 72.8 Å². The molecule has 4 nitrogen and oxygen atoms in total. The standard InChI is InChI=1S/C23H22N2O2/c1-3-25-21-12-8-7-11-19(21)20-15-17(13-14-22(20)25)24-23(26)16(2)27-18-9-5-4-6-10-18/h4-16H,3H2,1-2H3,(H,24,26)/t16-/m1/s1. The second-order valence-corrected chi connectivity index (χ2v) is 6.56. The molecule has 0 fully saturated rings. The predicted molar refractivity (Wildman–Crippen MR) is 110 cm³/mol. The minimum Gasteiger partial charge on any atom is -0.481 e. The van der Waals surface area contributed by atoms with Gasteiger partial charge in [-0.1, -0.05) is 36.4 Å². The van der Waals surface area contributed by atoms with E-state index in [2.05, 4.69) is 41.1 Å². The summed E-state index contributed by atoms with van der Waals surface area (Å²) in [7, 11) is 0. The van der Waals surface area contributed by atoms with Crippen LogP contribution in [0.1, 0.15) is 13.8 Å². The lowest BCUT2D eigenvalue weighted by Gasteiger charge is -2.15. The first-order chi connectivity index (χ1) is 13.2. The van der Waals surface area contributed by atoms with Crippen LogP contribution in [0.15, 0.2) is 72.8 Å². The van der Waals surface area contributed by atoms with E-state index in [0.29, 0.717) is 5.75 Å². The number of aryl methyl sites for hydroxylation is 1. The van der Waals surface area contributed by atoms with Crippen LogP contribution in [0.2, 0.25) is 0 Å². The molecule has 0 aliphatic rings. The first-order valence-corrected chi connectivity index (χ1v) is 9.21. The van der Waals surface area contributed by atoms with Crippen LogP contribution in [-0.2, 0) is 11.3 Å². The van der Waals surface area contributed by atoms with Crippen LogP contribution in [0.3, 0.4) is 0 Å². The number of rotatable bonds is 5. The second-order valence-electron chi connectivity index (χ2n) is 6.56. The molecule has 0 saturated carbocycles. The van der Waals surface area contributed by atoms with Gasteiger partial charge in [0.1, 0.15) is 5.75 Å². The largest absolute Gasteiger partial charge is 0.481 e. The molecule has 0 radical (unpaired) electrons. The van der Waals surface area contributed by atoms with Crippen LogP contribution in [0.4, 0.5) is 5.69 Å². The maximum Gasteiger partial charge on any atom is 0.265 e. The van der Waals surface area contributed by atoms with Crippen LogP contribution in [0.25, 0.3) is 21.8 Å². The average Bonchev–Trinajstić information content (AvgIpc) is 3.02. The molecule has 1 N–H and O–H groups in total. The molecular weight excluding hydrogens is 336 g/mol. The first kappa shape index (κ1) is 17.2. The number of nitrogens with one attached hydrogen (secondary N) is 1. The zero-order valence-corrected chi connectivity index (χ0v) is 15.5. The summed E-state index contributed by atoms with van der Waals surface area (Å²) >= 11 is 0. The number of carbonyl (C=O) groups excluding carboxylic acids is 1. The third kappa shape index (κ3) is 3.26. The summed E-state index contributed by atoms with van der Waals surface area (Å²) in [6.07, 6.45) is -0.583. The van der Waals surface area contributed by atoms with Gasteiger partial charge >= 0.3 is 0 Å². The van der Waals surface area contributed by atoms with Gasteiger partial charge < -0.3 is 14.6 Å². The zero-order valence-electron chi connectivity index (χ0n) is 15.5. The summed E-state index contributed by atoms with van der Waals surface area (Å²) in [6, 6.07) is 23.8. The van der Waals surface area contributed by atoms with Crippen molar-refractivity contribution in [3.63, 3.8) is 0 Å².